The lowest BCUT2D eigenvalue weighted by atomic mass is 10.1. The van der Waals surface area contributed by atoms with Gasteiger partial charge in [0.1, 0.15) is 24.0 Å². The lowest BCUT2D eigenvalue weighted by molar-refractivity contribution is -0.153. The molecule has 3 rings (SSSR count). The highest BCUT2D eigenvalue weighted by Crippen LogP contribution is 2.33. The van der Waals surface area contributed by atoms with E-state index in [2.05, 4.69) is 15.2 Å². The maximum absolute atomic E-state index is 13.0. The molecule has 0 saturated carbocycles. The number of primary amides is 1. The van der Waals surface area contributed by atoms with Crippen LogP contribution in [0.4, 0.5) is 0 Å². The third-order valence-corrected chi connectivity index (χ3v) is 5.48. The van der Waals surface area contributed by atoms with Crippen molar-refractivity contribution in [2.45, 2.75) is 65.0 Å². The molecule has 0 bridgehead atoms. The Morgan fingerprint density at radius 3 is 2.68 bits per heavy atom. The second-order valence-electron chi connectivity index (χ2n) is 9.51. The molecule has 1 aromatic carbocycles. The van der Waals surface area contributed by atoms with E-state index in [9.17, 15) is 19.2 Å². The minimum Gasteiger partial charge on any atom is -0.485 e. The van der Waals surface area contributed by atoms with Crippen molar-refractivity contribution >= 4 is 23.8 Å². The molecule has 1 unspecified atom stereocenters. The van der Waals surface area contributed by atoms with E-state index in [1.165, 1.54) is 12.0 Å². The largest absolute Gasteiger partial charge is 0.485 e. The van der Waals surface area contributed by atoms with Crippen molar-refractivity contribution in [3.8, 4) is 5.75 Å². The van der Waals surface area contributed by atoms with Crippen molar-refractivity contribution in [3.05, 3.63) is 46.8 Å². The second kappa shape index (κ2) is 11.9. The molecule has 2 aromatic rings. The third-order valence-electron chi connectivity index (χ3n) is 5.48. The van der Waals surface area contributed by atoms with Gasteiger partial charge in [-0.05, 0) is 39.3 Å². The van der Waals surface area contributed by atoms with Crippen LogP contribution in [0.25, 0.3) is 0 Å². The number of rotatable bonds is 12. The van der Waals surface area contributed by atoms with E-state index in [1.54, 1.807) is 45.0 Å². The Labute approximate surface area is 214 Å². The first-order valence-corrected chi connectivity index (χ1v) is 11.8. The number of nitrogens with two attached hydrogens (primary N) is 1. The summed E-state index contributed by atoms with van der Waals surface area (Å²) in [5.41, 5.74) is 6.55. The van der Waals surface area contributed by atoms with Crippen molar-refractivity contribution < 1.29 is 37.9 Å². The number of hydrogen-bond acceptors (Lipinski definition) is 10. The van der Waals surface area contributed by atoms with E-state index in [0.717, 1.165) is 0 Å². The lowest BCUT2D eigenvalue weighted by Crippen LogP contribution is -2.45. The maximum Gasteiger partial charge on any atom is 0.320 e. The Hall–Kier alpha value is -3.93. The second-order valence-corrected chi connectivity index (χ2v) is 9.51. The van der Waals surface area contributed by atoms with E-state index in [1.807, 2.05) is 0 Å². The molecule has 2 amide bonds. The molecule has 1 aliphatic heterocycles. The number of benzene rings is 1. The summed E-state index contributed by atoms with van der Waals surface area (Å²) in [4.78, 5) is 49.7. The van der Waals surface area contributed by atoms with Crippen LogP contribution in [0, 0.1) is 0 Å². The molecule has 1 atom stereocenters. The zero-order chi connectivity index (χ0) is 27.2. The Balaban J connectivity index is 1.58. The number of ether oxygens (including phenoxy) is 3. The van der Waals surface area contributed by atoms with Crippen LogP contribution < -0.4 is 15.8 Å². The molecule has 0 radical (unpaired) electrons. The van der Waals surface area contributed by atoms with E-state index in [4.69, 9.17) is 19.7 Å². The van der Waals surface area contributed by atoms with Crippen molar-refractivity contribution in [2.75, 3.05) is 13.7 Å². The zero-order valence-corrected chi connectivity index (χ0v) is 21.4. The van der Waals surface area contributed by atoms with Gasteiger partial charge < -0.3 is 34.7 Å². The SMILES string of the molecule is COC(=O)CCC(C(N)=O)N1Cc2c(OCc3cc(CNCC(=O)OC(C)(C)C)no3)cccc2C1=O. The highest BCUT2D eigenvalue weighted by atomic mass is 16.6. The topological polar surface area (TPSA) is 163 Å². The van der Waals surface area contributed by atoms with E-state index < -0.39 is 23.5 Å². The van der Waals surface area contributed by atoms with E-state index in [-0.39, 0.29) is 44.4 Å². The molecular formula is C25H32N4O8. The maximum atomic E-state index is 13.0. The summed E-state index contributed by atoms with van der Waals surface area (Å²) in [6.07, 6.45) is 0.00871. The van der Waals surface area contributed by atoms with Crippen LogP contribution in [0.15, 0.2) is 28.8 Å². The van der Waals surface area contributed by atoms with Gasteiger partial charge in [-0.25, -0.2) is 0 Å². The van der Waals surface area contributed by atoms with Crippen LogP contribution in [0.2, 0.25) is 0 Å². The van der Waals surface area contributed by atoms with Crippen LogP contribution in [-0.2, 0) is 43.6 Å². The summed E-state index contributed by atoms with van der Waals surface area (Å²) < 4.78 is 21.1. The quantitative estimate of drug-likeness (QED) is 0.395. The summed E-state index contributed by atoms with van der Waals surface area (Å²) in [6, 6.07) is 5.76. The summed E-state index contributed by atoms with van der Waals surface area (Å²) in [5.74, 6) is -1.04. The summed E-state index contributed by atoms with van der Waals surface area (Å²) in [6.45, 7) is 5.87. The Morgan fingerprint density at radius 2 is 2.00 bits per heavy atom. The summed E-state index contributed by atoms with van der Waals surface area (Å²) in [5, 5.41) is 6.91. The average Bonchev–Trinajstić information content (AvgIpc) is 3.41. The van der Waals surface area contributed by atoms with Crippen LogP contribution in [-0.4, -0.2) is 59.1 Å². The number of carbonyl (C=O) groups excluding carboxylic acids is 4. The number of nitrogens with one attached hydrogen (secondary N) is 1. The van der Waals surface area contributed by atoms with Gasteiger partial charge in [0.15, 0.2) is 5.76 Å². The van der Waals surface area contributed by atoms with Crippen LogP contribution in [0.1, 0.15) is 61.0 Å². The monoisotopic (exact) mass is 516 g/mol. The molecule has 0 aliphatic carbocycles. The van der Waals surface area contributed by atoms with Crippen LogP contribution in [0.5, 0.6) is 5.75 Å². The van der Waals surface area contributed by atoms with Crippen LogP contribution >= 0.6 is 0 Å². The molecule has 0 saturated heterocycles. The van der Waals surface area contributed by atoms with Gasteiger partial charge in [0.05, 0.1) is 25.9 Å². The highest BCUT2D eigenvalue weighted by Gasteiger charge is 2.37. The smallest absolute Gasteiger partial charge is 0.320 e. The minimum atomic E-state index is -0.961. The first-order valence-electron chi connectivity index (χ1n) is 11.8. The van der Waals surface area contributed by atoms with Crippen molar-refractivity contribution in [1.29, 1.82) is 0 Å². The first-order chi connectivity index (χ1) is 17.5. The van der Waals surface area contributed by atoms with Crippen molar-refractivity contribution in [3.63, 3.8) is 0 Å². The number of esters is 2. The van der Waals surface area contributed by atoms with Gasteiger partial charge >= 0.3 is 11.9 Å². The average molecular weight is 517 g/mol. The van der Waals surface area contributed by atoms with Crippen LogP contribution in [0.3, 0.4) is 0 Å². The molecule has 0 fully saturated rings. The van der Waals surface area contributed by atoms with Gasteiger partial charge in [0.25, 0.3) is 5.91 Å². The molecular weight excluding hydrogens is 484 g/mol. The molecule has 1 aliphatic rings. The van der Waals surface area contributed by atoms with Gasteiger partial charge in [0, 0.05) is 30.2 Å². The number of fused-ring (bicyclic) bond motifs is 1. The lowest BCUT2D eigenvalue weighted by Gasteiger charge is -2.24. The Bertz CT molecular complexity index is 1150. The van der Waals surface area contributed by atoms with Gasteiger partial charge in [0.2, 0.25) is 5.91 Å². The number of aromatic nitrogens is 1. The first kappa shape index (κ1) is 27.7. The van der Waals surface area contributed by atoms with Gasteiger partial charge in [-0.15, -0.1) is 0 Å². The third kappa shape index (κ3) is 7.53. The molecule has 200 valence electrons. The molecule has 0 spiro atoms. The van der Waals surface area contributed by atoms with Gasteiger partial charge in [-0.3, -0.25) is 19.2 Å². The predicted molar refractivity (Wildman–Crippen MR) is 129 cm³/mol. The number of amides is 2. The molecule has 12 nitrogen and oxygen atoms in total. The fourth-order valence-corrected chi connectivity index (χ4v) is 3.85. The standard InChI is InChI=1S/C25H32N4O8/c1-25(2,3)36-22(31)12-27-11-15-10-16(37-28-15)14-35-20-7-5-6-17-18(20)13-29(24(17)33)19(23(26)32)8-9-21(30)34-4/h5-7,10,19,27H,8-9,11-14H2,1-4H3,(H2,26,32). The Kier molecular flexibility index (Phi) is 8.87. The van der Waals surface area contributed by atoms with Crippen molar-refractivity contribution in [2.24, 2.45) is 5.73 Å². The molecule has 2 heterocycles. The number of methoxy groups -OCH3 is 1. The number of nitrogens with zero attached hydrogens (tertiary/aromatic N) is 2. The zero-order valence-electron chi connectivity index (χ0n) is 21.4. The van der Waals surface area contributed by atoms with Gasteiger partial charge in [-0.2, -0.15) is 0 Å². The molecule has 37 heavy (non-hydrogen) atoms. The normalized spacial score (nSPS) is 13.7. The summed E-state index contributed by atoms with van der Waals surface area (Å²) >= 11 is 0. The minimum absolute atomic E-state index is 0.0303. The van der Waals surface area contributed by atoms with Crippen molar-refractivity contribution in [1.82, 2.24) is 15.4 Å². The summed E-state index contributed by atoms with van der Waals surface area (Å²) in [7, 11) is 1.25. The predicted octanol–water partition coefficient (Wildman–Crippen LogP) is 1.45. The Morgan fingerprint density at radius 1 is 1.24 bits per heavy atom. The molecule has 3 N–H and O–H groups in total. The molecule has 12 heteroatoms. The number of carbonyl (C=O) groups is 4. The highest BCUT2D eigenvalue weighted by molar-refractivity contribution is 6.01. The van der Waals surface area contributed by atoms with Gasteiger partial charge in [-0.1, -0.05) is 11.2 Å². The van der Waals surface area contributed by atoms with E-state index >= 15 is 0 Å². The fourth-order valence-electron chi connectivity index (χ4n) is 3.85. The van der Waals surface area contributed by atoms with E-state index in [0.29, 0.717) is 34.9 Å². The number of hydrogen-bond donors (Lipinski definition) is 2. The molecule has 1 aromatic heterocycles. The fraction of sp³-hybridized carbons (Fsp3) is 0.480.